The smallest absolute Gasteiger partial charge is 0.251 e. The van der Waals surface area contributed by atoms with Crippen molar-refractivity contribution in [2.75, 3.05) is 6.54 Å². The van der Waals surface area contributed by atoms with Gasteiger partial charge in [-0.3, -0.25) is 9.59 Å². The van der Waals surface area contributed by atoms with E-state index in [0.717, 1.165) is 25.0 Å². The van der Waals surface area contributed by atoms with Gasteiger partial charge < -0.3 is 15.1 Å². The van der Waals surface area contributed by atoms with E-state index in [1.54, 1.807) is 24.5 Å². The summed E-state index contributed by atoms with van der Waals surface area (Å²) in [5.41, 5.74) is 0.671. The maximum atomic E-state index is 11.8. The lowest BCUT2D eigenvalue weighted by Gasteiger charge is -2.05. The van der Waals surface area contributed by atoms with Crippen LogP contribution in [0.4, 0.5) is 0 Å². The van der Waals surface area contributed by atoms with Crippen LogP contribution >= 0.6 is 0 Å². The van der Waals surface area contributed by atoms with Crippen LogP contribution in [-0.4, -0.2) is 18.4 Å². The Labute approximate surface area is 136 Å². The van der Waals surface area contributed by atoms with Crippen molar-refractivity contribution in [3.05, 3.63) is 60.1 Å². The topological polar surface area (TPSA) is 71.3 Å². The second-order valence-corrected chi connectivity index (χ2v) is 5.29. The molecule has 1 aromatic carbocycles. The van der Waals surface area contributed by atoms with Gasteiger partial charge in [0.2, 0.25) is 5.91 Å². The zero-order valence-corrected chi connectivity index (χ0v) is 13.1. The molecule has 2 rings (SSSR count). The van der Waals surface area contributed by atoms with Crippen molar-refractivity contribution in [2.24, 2.45) is 0 Å². The summed E-state index contributed by atoms with van der Waals surface area (Å²) in [5.74, 6) is 0.721. The van der Waals surface area contributed by atoms with Gasteiger partial charge in [0.25, 0.3) is 5.91 Å². The van der Waals surface area contributed by atoms with Crippen LogP contribution in [0, 0.1) is 0 Å². The van der Waals surface area contributed by atoms with E-state index >= 15 is 0 Å². The average molecular weight is 314 g/mol. The summed E-state index contributed by atoms with van der Waals surface area (Å²) < 4.78 is 5.15. The van der Waals surface area contributed by atoms with Crippen LogP contribution in [0.2, 0.25) is 0 Å². The van der Waals surface area contributed by atoms with Crippen molar-refractivity contribution >= 4 is 11.8 Å². The van der Waals surface area contributed by atoms with Gasteiger partial charge in [0, 0.05) is 18.5 Å². The molecular formula is C18H22N2O3. The van der Waals surface area contributed by atoms with E-state index in [0.29, 0.717) is 25.1 Å². The van der Waals surface area contributed by atoms with Gasteiger partial charge in [0.15, 0.2) is 0 Å². The van der Waals surface area contributed by atoms with Crippen LogP contribution < -0.4 is 10.6 Å². The predicted octanol–water partition coefficient (Wildman–Crippen LogP) is 2.89. The number of furan rings is 1. The summed E-state index contributed by atoms with van der Waals surface area (Å²) in [4.78, 5) is 23.4. The quantitative estimate of drug-likeness (QED) is 0.699. The van der Waals surface area contributed by atoms with Gasteiger partial charge in [-0.1, -0.05) is 24.6 Å². The zero-order chi connectivity index (χ0) is 16.3. The third kappa shape index (κ3) is 6.38. The minimum atomic E-state index is -0.0539. The minimum Gasteiger partial charge on any atom is -0.467 e. The summed E-state index contributed by atoms with van der Waals surface area (Å²) in [7, 11) is 0. The Morgan fingerprint density at radius 3 is 2.48 bits per heavy atom. The van der Waals surface area contributed by atoms with E-state index in [1.807, 2.05) is 24.3 Å². The molecule has 0 saturated heterocycles. The lowest BCUT2D eigenvalue weighted by Crippen LogP contribution is -2.24. The highest BCUT2D eigenvalue weighted by Crippen LogP contribution is 2.02. The first-order chi connectivity index (χ1) is 11.3. The molecule has 2 aromatic rings. The Kier molecular flexibility index (Phi) is 6.91. The number of rotatable bonds is 9. The van der Waals surface area contributed by atoms with Crippen LogP contribution in [0.5, 0.6) is 0 Å². The second kappa shape index (κ2) is 9.46. The van der Waals surface area contributed by atoms with Gasteiger partial charge in [-0.05, 0) is 37.1 Å². The monoisotopic (exact) mass is 314 g/mol. The Balaban J connectivity index is 1.49. The number of carbonyl (C=O) groups excluding carboxylic acids is 2. The maximum absolute atomic E-state index is 11.8. The van der Waals surface area contributed by atoms with Crippen LogP contribution in [0.25, 0.3) is 0 Å². The zero-order valence-electron chi connectivity index (χ0n) is 13.1. The molecule has 23 heavy (non-hydrogen) atoms. The van der Waals surface area contributed by atoms with E-state index in [9.17, 15) is 9.59 Å². The molecule has 0 unspecified atom stereocenters. The molecule has 0 radical (unpaired) electrons. The van der Waals surface area contributed by atoms with Gasteiger partial charge in [0.1, 0.15) is 5.76 Å². The van der Waals surface area contributed by atoms with Crippen molar-refractivity contribution in [2.45, 2.75) is 32.2 Å². The average Bonchev–Trinajstić information content (AvgIpc) is 3.10. The second-order valence-electron chi connectivity index (χ2n) is 5.29. The fraction of sp³-hybridized carbons (Fsp3) is 0.333. The lowest BCUT2D eigenvalue weighted by molar-refractivity contribution is -0.121. The van der Waals surface area contributed by atoms with Crippen molar-refractivity contribution in [1.82, 2.24) is 10.6 Å². The number of carbonyl (C=O) groups is 2. The fourth-order valence-electron chi connectivity index (χ4n) is 2.17. The lowest BCUT2D eigenvalue weighted by atomic mass is 10.1. The van der Waals surface area contributed by atoms with Crippen LogP contribution in [-0.2, 0) is 11.3 Å². The number of benzene rings is 1. The molecular weight excluding hydrogens is 292 g/mol. The SMILES string of the molecule is O=C(CCCCCNC(=O)c1ccccc1)NCc1ccco1. The minimum absolute atomic E-state index is 0.0229. The molecule has 122 valence electrons. The molecule has 0 spiro atoms. The van der Waals surface area contributed by atoms with Crippen LogP contribution in [0.1, 0.15) is 41.8 Å². The number of hydrogen-bond acceptors (Lipinski definition) is 3. The molecule has 5 heteroatoms. The van der Waals surface area contributed by atoms with E-state index in [2.05, 4.69) is 10.6 Å². The summed E-state index contributed by atoms with van der Waals surface area (Å²) >= 11 is 0. The Morgan fingerprint density at radius 2 is 1.74 bits per heavy atom. The van der Waals surface area contributed by atoms with Crippen LogP contribution in [0.15, 0.2) is 53.1 Å². The molecule has 1 heterocycles. The number of amides is 2. The number of nitrogens with one attached hydrogen (secondary N) is 2. The Morgan fingerprint density at radius 1 is 0.913 bits per heavy atom. The van der Waals surface area contributed by atoms with Crippen LogP contribution in [0.3, 0.4) is 0 Å². The maximum Gasteiger partial charge on any atom is 0.251 e. The summed E-state index contributed by atoms with van der Waals surface area (Å²) in [5, 5.41) is 5.69. The molecule has 0 atom stereocenters. The highest BCUT2D eigenvalue weighted by atomic mass is 16.3. The third-order valence-electron chi connectivity index (χ3n) is 3.44. The number of unbranched alkanes of at least 4 members (excludes halogenated alkanes) is 2. The Hall–Kier alpha value is -2.56. The molecule has 0 aliphatic carbocycles. The molecule has 5 nitrogen and oxygen atoms in total. The first-order valence-electron chi connectivity index (χ1n) is 7.88. The van der Waals surface area contributed by atoms with Crippen molar-refractivity contribution < 1.29 is 14.0 Å². The van der Waals surface area contributed by atoms with Gasteiger partial charge in [-0.2, -0.15) is 0 Å². The normalized spacial score (nSPS) is 10.3. The molecule has 1 aromatic heterocycles. The molecule has 0 aliphatic rings. The van der Waals surface area contributed by atoms with E-state index in [4.69, 9.17) is 4.42 Å². The standard InChI is InChI=1S/C18H22N2O3/c21-17(20-14-16-10-7-13-23-16)11-5-2-6-12-19-18(22)15-8-3-1-4-9-15/h1,3-4,7-10,13H,2,5-6,11-12,14H2,(H,19,22)(H,20,21). The largest absolute Gasteiger partial charge is 0.467 e. The number of hydrogen-bond donors (Lipinski definition) is 2. The predicted molar refractivity (Wildman–Crippen MR) is 87.8 cm³/mol. The van der Waals surface area contributed by atoms with Crippen molar-refractivity contribution in [3.63, 3.8) is 0 Å². The van der Waals surface area contributed by atoms with Crippen molar-refractivity contribution in [1.29, 1.82) is 0 Å². The van der Waals surface area contributed by atoms with Gasteiger partial charge in [0.05, 0.1) is 12.8 Å². The summed E-state index contributed by atoms with van der Waals surface area (Å²) in [6.45, 7) is 1.06. The van der Waals surface area contributed by atoms with Gasteiger partial charge in [-0.15, -0.1) is 0 Å². The highest BCUT2D eigenvalue weighted by Gasteiger charge is 2.04. The Bertz CT molecular complexity index is 594. The summed E-state index contributed by atoms with van der Waals surface area (Å²) in [6.07, 6.45) is 4.66. The molecule has 0 bridgehead atoms. The first-order valence-corrected chi connectivity index (χ1v) is 7.88. The molecule has 2 N–H and O–H groups in total. The summed E-state index contributed by atoms with van der Waals surface area (Å²) in [6, 6.07) is 12.8. The molecule has 2 amide bonds. The highest BCUT2D eigenvalue weighted by molar-refractivity contribution is 5.94. The third-order valence-corrected chi connectivity index (χ3v) is 3.44. The fourth-order valence-corrected chi connectivity index (χ4v) is 2.17. The first kappa shape index (κ1) is 16.8. The van der Waals surface area contributed by atoms with E-state index in [-0.39, 0.29) is 11.8 Å². The van der Waals surface area contributed by atoms with E-state index < -0.39 is 0 Å². The molecule has 0 saturated carbocycles. The van der Waals surface area contributed by atoms with Crippen molar-refractivity contribution in [3.8, 4) is 0 Å². The van der Waals surface area contributed by atoms with E-state index in [1.165, 1.54) is 0 Å². The molecule has 0 aliphatic heterocycles. The van der Waals surface area contributed by atoms with Gasteiger partial charge in [-0.25, -0.2) is 0 Å². The van der Waals surface area contributed by atoms with Gasteiger partial charge >= 0.3 is 0 Å². The molecule has 0 fully saturated rings.